The van der Waals surface area contributed by atoms with Crippen LogP contribution in [0.15, 0.2) is 0 Å². The fourth-order valence-electron chi connectivity index (χ4n) is 3.02. The van der Waals surface area contributed by atoms with Crippen molar-refractivity contribution in [3.05, 3.63) is 0 Å². The highest BCUT2D eigenvalue weighted by Gasteiger charge is 2.22. The SMILES string of the molecule is CC1CCCN(C(C)CNC(=O)N2CCCC2)C1. The Bertz CT molecular complexity index is 276. The van der Waals surface area contributed by atoms with Crippen LogP contribution >= 0.6 is 0 Å². The van der Waals surface area contributed by atoms with Crippen molar-refractivity contribution in [1.82, 2.24) is 15.1 Å². The van der Waals surface area contributed by atoms with Crippen molar-refractivity contribution in [2.45, 2.75) is 45.6 Å². The van der Waals surface area contributed by atoms with Crippen molar-refractivity contribution < 1.29 is 4.79 Å². The van der Waals surface area contributed by atoms with Gasteiger partial charge in [-0.3, -0.25) is 4.90 Å². The van der Waals surface area contributed by atoms with Crippen molar-refractivity contribution in [3.8, 4) is 0 Å². The lowest BCUT2D eigenvalue weighted by molar-refractivity contribution is 0.135. The van der Waals surface area contributed by atoms with E-state index in [-0.39, 0.29) is 6.03 Å². The minimum atomic E-state index is 0.129. The Kier molecular flexibility index (Phi) is 4.87. The molecule has 18 heavy (non-hydrogen) atoms. The van der Waals surface area contributed by atoms with E-state index < -0.39 is 0 Å². The van der Waals surface area contributed by atoms with Crippen LogP contribution in [0.2, 0.25) is 0 Å². The zero-order valence-corrected chi connectivity index (χ0v) is 11.8. The lowest BCUT2D eigenvalue weighted by Gasteiger charge is -2.35. The van der Waals surface area contributed by atoms with Crippen molar-refractivity contribution in [1.29, 1.82) is 0 Å². The van der Waals surface area contributed by atoms with E-state index in [1.54, 1.807) is 0 Å². The number of piperidine rings is 1. The van der Waals surface area contributed by atoms with Gasteiger partial charge in [-0.05, 0) is 45.1 Å². The van der Waals surface area contributed by atoms with Gasteiger partial charge in [-0.2, -0.15) is 0 Å². The minimum Gasteiger partial charge on any atom is -0.336 e. The molecule has 1 N–H and O–H groups in total. The Labute approximate surface area is 111 Å². The molecule has 2 heterocycles. The van der Waals surface area contributed by atoms with Gasteiger partial charge in [0, 0.05) is 32.2 Å². The topological polar surface area (TPSA) is 35.6 Å². The highest BCUT2D eigenvalue weighted by atomic mass is 16.2. The van der Waals surface area contributed by atoms with Gasteiger partial charge in [0.15, 0.2) is 0 Å². The van der Waals surface area contributed by atoms with Crippen LogP contribution in [0.25, 0.3) is 0 Å². The second-order valence-electron chi connectivity index (χ2n) is 5.97. The summed E-state index contributed by atoms with van der Waals surface area (Å²) in [5, 5.41) is 3.08. The Morgan fingerprint density at radius 3 is 2.67 bits per heavy atom. The van der Waals surface area contributed by atoms with Gasteiger partial charge in [-0.1, -0.05) is 6.92 Å². The first kappa shape index (κ1) is 13.7. The Hall–Kier alpha value is -0.770. The number of urea groups is 1. The van der Waals surface area contributed by atoms with E-state index in [0.717, 1.165) is 38.4 Å². The molecule has 0 aromatic heterocycles. The van der Waals surface area contributed by atoms with Crippen LogP contribution in [-0.2, 0) is 0 Å². The maximum absolute atomic E-state index is 11.9. The largest absolute Gasteiger partial charge is 0.336 e. The van der Waals surface area contributed by atoms with Gasteiger partial charge >= 0.3 is 6.03 Å². The highest BCUT2D eigenvalue weighted by Crippen LogP contribution is 2.17. The molecule has 0 spiro atoms. The molecule has 0 saturated carbocycles. The van der Waals surface area contributed by atoms with Crippen LogP contribution < -0.4 is 5.32 Å². The first-order valence-corrected chi connectivity index (χ1v) is 7.43. The zero-order chi connectivity index (χ0) is 13.0. The van der Waals surface area contributed by atoms with Crippen LogP contribution in [0.1, 0.15) is 39.5 Å². The third kappa shape index (κ3) is 3.61. The van der Waals surface area contributed by atoms with Gasteiger partial charge in [0.05, 0.1) is 0 Å². The Morgan fingerprint density at radius 2 is 2.00 bits per heavy atom. The summed E-state index contributed by atoms with van der Waals surface area (Å²) >= 11 is 0. The average Bonchev–Trinajstić information content (AvgIpc) is 2.89. The van der Waals surface area contributed by atoms with Crippen LogP contribution in [0.5, 0.6) is 0 Å². The maximum atomic E-state index is 11.9. The quantitative estimate of drug-likeness (QED) is 0.834. The predicted octanol–water partition coefficient (Wildman–Crippen LogP) is 1.91. The number of carbonyl (C=O) groups excluding carboxylic acids is 1. The van der Waals surface area contributed by atoms with Crippen LogP contribution in [0.4, 0.5) is 4.79 Å². The van der Waals surface area contributed by atoms with Crippen molar-refractivity contribution in [2.24, 2.45) is 5.92 Å². The van der Waals surface area contributed by atoms with Crippen molar-refractivity contribution in [2.75, 3.05) is 32.7 Å². The summed E-state index contributed by atoms with van der Waals surface area (Å²) in [6.45, 7) is 9.56. The van der Waals surface area contributed by atoms with Crippen LogP contribution in [0, 0.1) is 5.92 Å². The number of nitrogens with one attached hydrogen (secondary N) is 1. The van der Waals surface area contributed by atoms with E-state index in [9.17, 15) is 4.79 Å². The van der Waals surface area contributed by atoms with Crippen LogP contribution in [0.3, 0.4) is 0 Å². The number of nitrogens with zero attached hydrogens (tertiary/aromatic N) is 2. The molecule has 0 radical (unpaired) electrons. The predicted molar refractivity (Wildman–Crippen MR) is 73.6 cm³/mol. The second kappa shape index (κ2) is 6.41. The summed E-state index contributed by atoms with van der Waals surface area (Å²) in [6, 6.07) is 0.587. The molecule has 2 aliphatic heterocycles. The molecule has 4 heteroatoms. The van der Waals surface area contributed by atoms with E-state index >= 15 is 0 Å². The molecule has 0 aromatic carbocycles. The first-order chi connectivity index (χ1) is 8.66. The fraction of sp³-hybridized carbons (Fsp3) is 0.929. The highest BCUT2D eigenvalue weighted by molar-refractivity contribution is 5.74. The minimum absolute atomic E-state index is 0.129. The zero-order valence-electron chi connectivity index (χ0n) is 11.8. The van der Waals surface area contributed by atoms with Gasteiger partial charge in [-0.15, -0.1) is 0 Å². The van der Waals surface area contributed by atoms with Crippen molar-refractivity contribution >= 4 is 6.03 Å². The van der Waals surface area contributed by atoms with Gasteiger partial charge in [0.1, 0.15) is 0 Å². The van der Waals surface area contributed by atoms with Crippen molar-refractivity contribution in [3.63, 3.8) is 0 Å². The monoisotopic (exact) mass is 253 g/mol. The molecule has 2 rings (SSSR count). The maximum Gasteiger partial charge on any atom is 0.317 e. The smallest absolute Gasteiger partial charge is 0.317 e. The number of hydrogen-bond donors (Lipinski definition) is 1. The molecule has 2 unspecified atom stereocenters. The first-order valence-electron chi connectivity index (χ1n) is 7.43. The number of amides is 2. The second-order valence-corrected chi connectivity index (χ2v) is 5.97. The molecule has 104 valence electrons. The lowest BCUT2D eigenvalue weighted by Crippen LogP contribution is -2.48. The third-order valence-electron chi connectivity index (χ3n) is 4.25. The number of hydrogen-bond acceptors (Lipinski definition) is 2. The normalized spacial score (nSPS) is 27.2. The summed E-state index contributed by atoms with van der Waals surface area (Å²) in [5.41, 5.74) is 0. The van der Waals surface area contributed by atoms with E-state index in [1.807, 2.05) is 4.90 Å². The molecule has 2 atom stereocenters. The van der Waals surface area contributed by atoms with E-state index in [4.69, 9.17) is 0 Å². The molecule has 0 aromatic rings. The molecule has 2 saturated heterocycles. The van der Waals surface area contributed by atoms with Gasteiger partial charge < -0.3 is 10.2 Å². The molecule has 0 bridgehead atoms. The van der Waals surface area contributed by atoms with Gasteiger partial charge in [-0.25, -0.2) is 4.79 Å². The molecule has 2 amide bonds. The summed E-state index contributed by atoms with van der Waals surface area (Å²) in [4.78, 5) is 16.3. The lowest BCUT2D eigenvalue weighted by atomic mass is 9.99. The Morgan fingerprint density at radius 1 is 1.28 bits per heavy atom. The number of likely N-dealkylation sites (tertiary alicyclic amines) is 2. The third-order valence-corrected chi connectivity index (χ3v) is 4.25. The molecule has 0 aliphatic carbocycles. The molecular weight excluding hydrogens is 226 g/mol. The fourth-order valence-corrected chi connectivity index (χ4v) is 3.02. The number of carbonyl (C=O) groups is 1. The van der Waals surface area contributed by atoms with E-state index in [0.29, 0.717) is 6.04 Å². The molecular formula is C14H27N3O. The van der Waals surface area contributed by atoms with Crippen LogP contribution in [-0.4, -0.2) is 54.6 Å². The molecule has 2 aliphatic rings. The summed E-state index contributed by atoms with van der Waals surface area (Å²) < 4.78 is 0. The summed E-state index contributed by atoms with van der Waals surface area (Å²) in [5.74, 6) is 0.801. The average molecular weight is 253 g/mol. The standard InChI is InChI=1S/C14H27N3O/c1-12-6-5-9-17(11-12)13(2)10-15-14(18)16-7-3-4-8-16/h12-13H,3-11H2,1-2H3,(H,15,18). The van der Waals surface area contributed by atoms with E-state index in [2.05, 4.69) is 24.1 Å². The van der Waals surface area contributed by atoms with Gasteiger partial charge in [0.2, 0.25) is 0 Å². The summed E-state index contributed by atoms with van der Waals surface area (Å²) in [6.07, 6.45) is 4.97. The Balaban J connectivity index is 1.70. The number of rotatable bonds is 3. The summed E-state index contributed by atoms with van der Waals surface area (Å²) in [7, 11) is 0. The van der Waals surface area contributed by atoms with Gasteiger partial charge in [0.25, 0.3) is 0 Å². The molecule has 4 nitrogen and oxygen atoms in total. The van der Waals surface area contributed by atoms with E-state index in [1.165, 1.54) is 25.9 Å². The molecule has 2 fully saturated rings.